The number of aliphatic carboxylic acids is 1. The summed E-state index contributed by atoms with van der Waals surface area (Å²) in [6.45, 7) is -0.442. The van der Waals surface area contributed by atoms with Crippen molar-refractivity contribution in [3.05, 3.63) is 59.0 Å². The Morgan fingerprint density at radius 1 is 1.15 bits per heavy atom. The van der Waals surface area contributed by atoms with Gasteiger partial charge in [-0.15, -0.1) is 0 Å². The second-order valence-corrected chi connectivity index (χ2v) is 6.28. The van der Waals surface area contributed by atoms with E-state index in [0.717, 1.165) is 16.7 Å². The zero-order valence-corrected chi connectivity index (χ0v) is 14.1. The number of nitrogens with zero attached hydrogens (tertiary/aromatic N) is 1. The number of benzene rings is 2. The van der Waals surface area contributed by atoms with Crippen LogP contribution in [0.2, 0.25) is 0 Å². The van der Waals surface area contributed by atoms with Gasteiger partial charge in [0.2, 0.25) is 0 Å². The maximum atomic E-state index is 12.5. The van der Waals surface area contributed by atoms with Crippen molar-refractivity contribution in [3.8, 4) is 11.5 Å². The molecule has 7 nitrogen and oxygen atoms in total. The van der Waals surface area contributed by atoms with Gasteiger partial charge in [-0.3, -0.25) is 9.59 Å². The van der Waals surface area contributed by atoms with Gasteiger partial charge in [0.25, 0.3) is 11.1 Å². The molecule has 0 saturated carbocycles. The minimum Gasteiger partial charge on any atom is -0.508 e. The van der Waals surface area contributed by atoms with Crippen LogP contribution in [-0.4, -0.2) is 33.9 Å². The SMILES string of the molecule is O=C(O)COc1ccc(/C=C2/SC(=O)N(c3cccc(O)c3)C2=O)cc1. The average molecular weight is 371 g/mol. The van der Waals surface area contributed by atoms with Crippen LogP contribution in [0.15, 0.2) is 53.4 Å². The normalized spacial score (nSPS) is 15.5. The Balaban J connectivity index is 1.78. The van der Waals surface area contributed by atoms with E-state index in [9.17, 15) is 19.5 Å². The van der Waals surface area contributed by atoms with Crippen molar-refractivity contribution in [1.82, 2.24) is 0 Å². The number of phenolic OH excluding ortho intramolecular Hbond substituents is 1. The lowest BCUT2D eigenvalue weighted by Gasteiger charge is -2.12. The summed E-state index contributed by atoms with van der Waals surface area (Å²) in [5.74, 6) is -1.20. The second-order valence-electron chi connectivity index (χ2n) is 5.29. The van der Waals surface area contributed by atoms with Gasteiger partial charge in [-0.2, -0.15) is 0 Å². The van der Waals surface area contributed by atoms with Crippen LogP contribution in [0.5, 0.6) is 11.5 Å². The molecule has 132 valence electrons. The van der Waals surface area contributed by atoms with Crippen molar-refractivity contribution in [3.63, 3.8) is 0 Å². The van der Waals surface area contributed by atoms with E-state index in [0.29, 0.717) is 17.0 Å². The van der Waals surface area contributed by atoms with E-state index in [4.69, 9.17) is 9.84 Å². The molecule has 0 unspecified atom stereocenters. The predicted molar refractivity (Wildman–Crippen MR) is 96.1 cm³/mol. The highest BCUT2D eigenvalue weighted by molar-refractivity contribution is 8.19. The number of rotatable bonds is 5. The first-order chi connectivity index (χ1) is 12.4. The summed E-state index contributed by atoms with van der Waals surface area (Å²) >= 11 is 0.804. The molecule has 0 atom stereocenters. The summed E-state index contributed by atoms with van der Waals surface area (Å²) in [5, 5.41) is 17.7. The van der Waals surface area contributed by atoms with Crippen LogP contribution >= 0.6 is 11.8 Å². The molecule has 0 aromatic heterocycles. The summed E-state index contributed by atoms with van der Waals surface area (Å²) in [4.78, 5) is 36.4. The van der Waals surface area contributed by atoms with Gasteiger partial charge in [0.1, 0.15) is 11.5 Å². The van der Waals surface area contributed by atoms with E-state index >= 15 is 0 Å². The number of carboxylic acid groups (broad SMARTS) is 1. The zero-order chi connectivity index (χ0) is 18.7. The Bertz CT molecular complexity index is 906. The molecule has 1 saturated heterocycles. The average Bonchev–Trinajstić information content (AvgIpc) is 2.88. The number of carbonyl (C=O) groups is 3. The molecule has 0 spiro atoms. The number of hydrogen-bond acceptors (Lipinski definition) is 6. The summed E-state index contributed by atoms with van der Waals surface area (Å²) < 4.78 is 5.04. The molecule has 0 radical (unpaired) electrons. The molecule has 2 aromatic carbocycles. The number of aromatic hydroxyl groups is 1. The van der Waals surface area contributed by atoms with E-state index in [1.807, 2.05) is 0 Å². The number of amides is 2. The number of anilines is 1. The van der Waals surface area contributed by atoms with Gasteiger partial charge in [-0.1, -0.05) is 18.2 Å². The fourth-order valence-corrected chi connectivity index (χ4v) is 3.12. The van der Waals surface area contributed by atoms with Crippen molar-refractivity contribution in [1.29, 1.82) is 0 Å². The number of carboxylic acids is 1. The number of carbonyl (C=O) groups excluding carboxylic acids is 2. The van der Waals surface area contributed by atoms with Gasteiger partial charge < -0.3 is 14.9 Å². The molecular formula is C18H13NO6S. The Kier molecular flexibility index (Phi) is 4.94. The number of ether oxygens (including phenoxy) is 1. The van der Waals surface area contributed by atoms with Crippen molar-refractivity contribution >= 4 is 40.6 Å². The molecule has 2 aromatic rings. The molecule has 8 heteroatoms. The molecule has 3 rings (SSSR count). The molecule has 2 N–H and O–H groups in total. The minimum atomic E-state index is -1.07. The Labute approximate surface area is 152 Å². The van der Waals surface area contributed by atoms with Crippen LogP contribution in [0.1, 0.15) is 5.56 Å². The van der Waals surface area contributed by atoms with Gasteiger partial charge >= 0.3 is 5.97 Å². The van der Waals surface area contributed by atoms with E-state index in [-0.39, 0.29) is 10.7 Å². The Morgan fingerprint density at radius 3 is 2.54 bits per heavy atom. The van der Waals surface area contributed by atoms with Crippen LogP contribution in [0.25, 0.3) is 6.08 Å². The minimum absolute atomic E-state index is 0.0394. The zero-order valence-electron chi connectivity index (χ0n) is 13.3. The number of imide groups is 1. The third kappa shape index (κ3) is 3.86. The first-order valence-corrected chi connectivity index (χ1v) is 8.27. The monoisotopic (exact) mass is 371 g/mol. The number of thioether (sulfide) groups is 1. The standard InChI is InChI=1S/C18H13NO6S/c20-13-3-1-2-12(9-13)19-17(23)15(26-18(19)24)8-11-4-6-14(7-5-11)25-10-16(21)22/h1-9,20H,10H2,(H,21,22)/b15-8+. The van der Waals surface area contributed by atoms with Crippen LogP contribution in [-0.2, 0) is 9.59 Å². The van der Waals surface area contributed by atoms with Crippen molar-refractivity contribution in [2.75, 3.05) is 11.5 Å². The number of hydrogen-bond donors (Lipinski definition) is 2. The summed E-state index contributed by atoms with van der Waals surface area (Å²) in [6, 6.07) is 12.4. The van der Waals surface area contributed by atoms with Crippen LogP contribution in [0.3, 0.4) is 0 Å². The maximum Gasteiger partial charge on any atom is 0.341 e. The number of phenols is 1. The van der Waals surface area contributed by atoms with Gasteiger partial charge in [-0.25, -0.2) is 9.69 Å². The fourth-order valence-electron chi connectivity index (χ4n) is 2.28. The molecular weight excluding hydrogens is 358 g/mol. The molecule has 1 heterocycles. The first kappa shape index (κ1) is 17.6. The Morgan fingerprint density at radius 2 is 1.88 bits per heavy atom. The fraction of sp³-hybridized carbons (Fsp3) is 0.0556. The molecule has 0 bridgehead atoms. The third-order valence-electron chi connectivity index (χ3n) is 3.42. The topological polar surface area (TPSA) is 104 Å². The quantitative estimate of drug-likeness (QED) is 0.778. The molecule has 0 aliphatic carbocycles. The van der Waals surface area contributed by atoms with Crippen molar-refractivity contribution in [2.45, 2.75) is 0 Å². The van der Waals surface area contributed by atoms with E-state index in [1.54, 1.807) is 42.5 Å². The van der Waals surface area contributed by atoms with Gasteiger partial charge in [0, 0.05) is 6.07 Å². The predicted octanol–water partition coefficient (Wildman–Crippen LogP) is 3.10. The summed E-state index contributed by atoms with van der Waals surface area (Å²) in [7, 11) is 0. The van der Waals surface area contributed by atoms with E-state index < -0.39 is 23.7 Å². The highest BCUT2D eigenvalue weighted by Crippen LogP contribution is 2.36. The Hall–Kier alpha value is -3.26. The summed E-state index contributed by atoms with van der Waals surface area (Å²) in [5.41, 5.74) is 0.961. The lowest BCUT2D eigenvalue weighted by Crippen LogP contribution is -2.27. The van der Waals surface area contributed by atoms with Crippen molar-refractivity contribution in [2.24, 2.45) is 0 Å². The van der Waals surface area contributed by atoms with Gasteiger partial charge in [-0.05, 0) is 47.7 Å². The van der Waals surface area contributed by atoms with Crippen LogP contribution in [0, 0.1) is 0 Å². The maximum absolute atomic E-state index is 12.5. The summed E-state index contributed by atoms with van der Waals surface area (Å²) in [6.07, 6.45) is 1.56. The van der Waals surface area contributed by atoms with Crippen molar-refractivity contribution < 1.29 is 29.3 Å². The van der Waals surface area contributed by atoms with E-state index in [2.05, 4.69) is 0 Å². The highest BCUT2D eigenvalue weighted by atomic mass is 32.2. The lowest BCUT2D eigenvalue weighted by molar-refractivity contribution is -0.139. The molecule has 1 aliphatic heterocycles. The smallest absolute Gasteiger partial charge is 0.341 e. The van der Waals surface area contributed by atoms with Crippen LogP contribution in [0.4, 0.5) is 10.5 Å². The molecule has 2 amide bonds. The van der Waals surface area contributed by atoms with E-state index in [1.165, 1.54) is 12.1 Å². The van der Waals surface area contributed by atoms with Gasteiger partial charge in [0.05, 0.1) is 10.6 Å². The largest absolute Gasteiger partial charge is 0.508 e. The molecule has 1 fully saturated rings. The lowest BCUT2D eigenvalue weighted by atomic mass is 10.2. The molecule has 1 aliphatic rings. The highest BCUT2D eigenvalue weighted by Gasteiger charge is 2.36. The third-order valence-corrected chi connectivity index (χ3v) is 4.29. The first-order valence-electron chi connectivity index (χ1n) is 7.46. The van der Waals surface area contributed by atoms with Crippen LogP contribution < -0.4 is 9.64 Å². The van der Waals surface area contributed by atoms with Gasteiger partial charge in [0.15, 0.2) is 6.61 Å². The molecule has 26 heavy (non-hydrogen) atoms. The second kappa shape index (κ2) is 7.32.